The summed E-state index contributed by atoms with van der Waals surface area (Å²) in [6.07, 6.45) is 6.74. The van der Waals surface area contributed by atoms with E-state index in [1.807, 2.05) is 18.3 Å². The van der Waals surface area contributed by atoms with Crippen LogP contribution in [-0.4, -0.2) is 43.4 Å². The summed E-state index contributed by atoms with van der Waals surface area (Å²) in [4.78, 5) is 26.8. The number of oxazole rings is 1. The summed E-state index contributed by atoms with van der Waals surface area (Å²) in [5.41, 5.74) is 2.80. The number of carbonyl (C=O) groups excluding carboxylic acids is 1. The van der Waals surface area contributed by atoms with Gasteiger partial charge in [0.2, 0.25) is 5.76 Å². The number of amides is 1. The molecule has 3 aromatic rings. The number of carbonyl (C=O) groups is 1. The molecule has 0 aliphatic carbocycles. The first kappa shape index (κ1) is 15.6. The minimum Gasteiger partial charge on any atom is -0.438 e. The van der Waals surface area contributed by atoms with Gasteiger partial charge in [0, 0.05) is 55.4 Å². The van der Waals surface area contributed by atoms with Gasteiger partial charge in [-0.05, 0) is 26.0 Å². The Bertz CT molecular complexity index is 893. The average Bonchev–Trinajstić information content (AvgIpc) is 3.17. The van der Waals surface area contributed by atoms with Crippen LogP contribution in [0.3, 0.4) is 0 Å². The lowest BCUT2D eigenvalue weighted by atomic mass is 9.99. The van der Waals surface area contributed by atoms with Gasteiger partial charge in [-0.25, -0.2) is 9.97 Å². The highest BCUT2D eigenvalue weighted by Crippen LogP contribution is 2.25. The minimum atomic E-state index is -0.0806. The maximum Gasteiger partial charge on any atom is 0.291 e. The van der Waals surface area contributed by atoms with Crippen LogP contribution in [0.15, 0.2) is 41.5 Å². The molecule has 0 N–H and O–H groups in total. The van der Waals surface area contributed by atoms with Gasteiger partial charge < -0.3 is 13.9 Å². The Morgan fingerprint density at radius 3 is 2.68 bits per heavy atom. The molecule has 3 aromatic heterocycles. The van der Waals surface area contributed by atoms with E-state index in [2.05, 4.69) is 26.4 Å². The highest BCUT2D eigenvalue weighted by molar-refractivity contribution is 5.92. The molecule has 1 aliphatic heterocycles. The van der Waals surface area contributed by atoms with Crippen LogP contribution < -0.4 is 0 Å². The lowest BCUT2D eigenvalue weighted by Gasteiger charge is -2.39. The van der Waals surface area contributed by atoms with Crippen molar-refractivity contribution >= 4 is 5.91 Å². The summed E-state index contributed by atoms with van der Waals surface area (Å²) < 4.78 is 7.41. The summed E-state index contributed by atoms with van der Waals surface area (Å²) in [6.45, 7) is 6.10. The summed E-state index contributed by atoms with van der Waals surface area (Å²) in [5.74, 6) is 1.61. The predicted molar refractivity (Wildman–Crippen MR) is 90.8 cm³/mol. The van der Waals surface area contributed by atoms with E-state index < -0.39 is 0 Å². The number of hydrogen-bond acceptors (Lipinski definition) is 5. The fraction of sp³-hybridized carbons (Fsp3) is 0.333. The number of pyridine rings is 1. The molecular formula is C18H19N5O2. The molecule has 0 bridgehead atoms. The summed E-state index contributed by atoms with van der Waals surface area (Å²) in [5, 5.41) is 0. The van der Waals surface area contributed by atoms with E-state index in [9.17, 15) is 4.79 Å². The Hall–Kier alpha value is -2.96. The first-order valence-electron chi connectivity index (χ1n) is 8.25. The fourth-order valence-corrected chi connectivity index (χ4v) is 3.18. The fourth-order valence-electron chi connectivity index (χ4n) is 3.18. The first-order chi connectivity index (χ1) is 12.1. The van der Waals surface area contributed by atoms with Gasteiger partial charge in [-0.15, -0.1) is 0 Å². The van der Waals surface area contributed by atoms with E-state index in [1.165, 1.54) is 6.39 Å². The highest BCUT2D eigenvalue weighted by Gasteiger charge is 2.34. The van der Waals surface area contributed by atoms with E-state index in [1.54, 1.807) is 24.2 Å². The molecule has 128 valence electrons. The number of nitrogens with zero attached hydrogens (tertiary/aromatic N) is 5. The van der Waals surface area contributed by atoms with Crippen molar-refractivity contribution in [2.24, 2.45) is 5.92 Å². The summed E-state index contributed by atoms with van der Waals surface area (Å²) in [7, 11) is 0. The van der Waals surface area contributed by atoms with Crippen molar-refractivity contribution in [3.63, 3.8) is 0 Å². The average molecular weight is 337 g/mol. The molecule has 0 saturated carbocycles. The topological polar surface area (TPSA) is 77.0 Å². The highest BCUT2D eigenvalue weighted by atomic mass is 16.3. The normalized spacial score (nSPS) is 14.6. The molecule has 25 heavy (non-hydrogen) atoms. The quantitative estimate of drug-likeness (QED) is 0.730. The van der Waals surface area contributed by atoms with Gasteiger partial charge >= 0.3 is 0 Å². The van der Waals surface area contributed by atoms with Crippen molar-refractivity contribution in [1.29, 1.82) is 0 Å². The molecule has 4 heterocycles. The maximum absolute atomic E-state index is 12.4. The standard InChI is InChI=1S/C18H19N5O2/c1-12-7-20-17(15-3-5-19-6-4-15)23(12)10-14-8-22(9-14)18(24)16-13(2)21-11-25-16/h3-7,11,14H,8-10H2,1-2H3. The monoisotopic (exact) mass is 337 g/mol. The number of hydrogen-bond donors (Lipinski definition) is 0. The van der Waals surface area contributed by atoms with Crippen LogP contribution in [-0.2, 0) is 6.54 Å². The van der Waals surface area contributed by atoms with Crippen molar-refractivity contribution in [3.05, 3.63) is 54.3 Å². The third-order valence-corrected chi connectivity index (χ3v) is 4.62. The molecule has 0 aromatic carbocycles. The van der Waals surface area contributed by atoms with E-state index >= 15 is 0 Å². The lowest BCUT2D eigenvalue weighted by Crippen LogP contribution is -2.51. The second kappa shape index (κ2) is 6.16. The second-order valence-electron chi connectivity index (χ2n) is 6.41. The molecule has 0 atom stereocenters. The van der Waals surface area contributed by atoms with Crippen LogP contribution in [0.2, 0.25) is 0 Å². The van der Waals surface area contributed by atoms with Crippen LogP contribution in [0.25, 0.3) is 11.4 Å². The Balaban J connectivity index is 1.45. The second-order valence-corrected chi connectivity index (χ2v) is 6.41. The van der Waals surface area contributed by atoms with Crippen LogP contribution in [0.5, 0.6) is 0 Å². The Kier molecular flexibility index (Phi) is 3.83. The van der Waals surface area contributed by atoms with Crippen LogP contribution in [0.4, 0.5) is 0 Å². The SMILES string of the molecule is Cc1ncoc1C(=O)N1CC(Cn2c(C)cnc2-c2ccncc2)C1. The van der Waals surface area contributed by atoms with Crippen molar-refractivity contribution in [2.75, 3.05) is 13.1 Å². The molecule has 7 heteroatoms. The molecule has 0 unspecified atom stereocenters. The third kappa shape index (κ3) is 2.82. The van der Waals surface area contributed by atoms with Gasteiger partial charge in [-0.2, -0.15) is 0 Å². The van der Waals surface area contributed by atoms with Gasteiger partial charge in [0.1, 0.15) is 5.82 Å². The zero-order valence-corrected chi connectivity index (χ0v) is 14.2. The number of rotatable bonds is 4. The molecule has 1 amide bonds. The van der Waals surface area contributed by atoms with E-state index in [4.69, 9.17) is 4.42 Å². The van der Waals surface area contributed by atoms with Crippen molar-refractivity contribution in [1.82, 2.24) is 24.4 Å². The summed E-state index contributed by atoms with van der Waals surface area (Å²) in [6, 6.07) is 3.92. The van der Waals surface area contributed by atoms with E-state index in [-0.39, 0.29) is 5.91 Å². The van der Waals surface area contributed by atoms with Gasteiger partial charge in [0.05, 0.1) is 5.69 Å². The van der Waals surface area contributed by atoms with Crippen LogP contribution in [0.1, 0.15) is 21.9 Å². The van der Waals surface area contributed by atoms with Crippen molar-refractivity contribution in [3.8, 4) is 11.4 Å². The Morgan fingerprint density at radius 1 is 1.24 bits per heavy atom. The Labute approximate surface area is 145 Å². The largest absolute Gasteiger partial charge is 0.438 e. The van der Waals surface area contributed by atoms with Gasteiger partial charge in [-0.1, -0.05) is 0 Å². The van der Waals surface area contributed by atoms with E-state index in [0.29, 0.717) is 30.5 Å². The molecule has 4 rings (SSSR count). The molecular weight excluding hydrogens is 318 g/mol. The first-order valence-corrected chi connectivity index (χ1v) is 8.25. The smallest absolute Gasteiger partial charge is 0.291 e. The van der Waals surface area contributed by atoms with Crippen LogP contribution in [0, 0.1) is 19.8 Å². The molecule has 7 nitrogen and oxygen atoms in total. The third-order valence-electron chi connectivity index (χ3n) is 4.62. The van der Waals surface area contributed by atoms with Crippen molar-refractivity contribution < 1.29 is 9.21 Å². The molecule has 1 fully saturated rings. The lowest BCUT2D eigenvalue weighted by molar-refractivity contribution is 0.0436. The zero-order valence-electron chi connectivity index (χ0n) is 14.2. The maximum atomic E-state index is 12.4. The number of aryl methyl sites for hydroxylation is 2. The molecule has 1 saturated heterocycles. The van der Waals surface area contributed by atoms with E-state index in [0.717, 1.165) is 23.6 Å². The summed E-state index contributed by atoms with van der Waals surface area (Å²) >= 11 is 0. The molecule has 1 aliphatic rings. The number of imidazole rings is 1. The zero-order chi connectivity index (χ0) is 17.4. The van der Waals surface area contributed by atoms with Gasteiger partial charge in [0.25, 0.3) is 5.91 Å². The van der Waals surface area contributed by atoms with Gasteiger partial charge in [-0.3, -0.25) is 9.78 Å². The predicted octanol–water partition coefficient (Wildman–Crippen LogP) is 2.32. The number of aromatic nitrogens is 4. The van der Waals surface area contributed by atoms with Crippen LogP contribution >= 0.6 is 0 Å². The molecule has 0 radical (unpaired) electrons. The minimum absolute atomic E-state index is 0.0806. The number of likely N-dealkylation sites (tertiary alicyclic amines) is 1. The molecule has 0 spiro atoms. The Morgan fingerprint density at radius 2 is 2.00 bits per heavy atom. The van der Waals surface area contributed by atoms with Crippen molar-refractivity contribution in [2.45, 2.75) is 20.4 Å². The van der Waals surface area contributed by atoms with Gasteiger partial charge in [0.15, 0.2) is 6.39 Å².